The van der Waals surface area contributed by atoms with Gasteiger partial charge in [-0.25, -0.2) is 24.9 Å². The standard InChI is InChI=1S/C44H38N12O4S2/c1-26-22-54(24-37(57)48-26)40-42(60-31-17-13-29(14-18-31)50-44-52-33-8-4-6-10-35(33)62-44)53-36(21-47-40)56-27(2)23-55(25-38(56)58)39-41(46-20-19-45-39)59-30-15-11-28(12-16-30)49-43-51-32-7-3-5-9-34(32)61-43/h3-21,26-27H,22-25H2,1-2H3,(H,48,57)(H,49,51)(H,50,52). The van der Waals surface area contributed by atoms with E-state index in [9.17, 15) is 9.59 Å². The van der Waals surface area contributed by atoms with Gasteiger partial charge in [0.05, 0.1) is 45.8 Å². The number of fused-ring (bicyclic) bond motifs is 2. The first kappa shape index (κ1) is 38.7. The molecule has 18 heteroatoms. The first-order chi connectivity index (χ1) is 30.3. The minimum Gasteiger partial charge on any atom is -0.436 e. The fourth-order valence-corrected chi connectivity index (χ4v) is 9.23. The molecule has 8 aromatic rings. The van der Waals surface area contributed by atoms with Crippen LogP contribution in [0.1, 0.15) is 13.8 Å². The molecule has 16 nitrogen and oxygen atoms in total. The van der Waals surface area contributed by atoms with E-state index in [1.807, 2.05) is 121 Å². The molecule has 10 rings (SSSR count). The summed E-state index contributed by atoms with van der Waals surface area (Å²) in [4.78, 5) is 60.1. The summed E-state index contributed by atoms with van der Waals surface area (Å²) in [6, 6.07) is 30.4. The number of hydrogen-bond acceptors (Lipinski definition) is 16. The molecule has 2 atom stereocenters. The number of nitrogens with one attached hydrogen (secondary N) is 3. The molecule has 2 fully saturated rings. The van der Waals surface area contributed by atoms with Gasteiger partial charge in [0, 0.05) is 42.9 Å². The van der Waals surface area contributed by atoms with Crippen molar-refractivity contribution in [2.24, 2.45) is 0 Å². The second kappa shape index (κ2) is 16.5. The summed E-state index contributed by atoms with van der Waals surface area (Å²) in [5.74, 6) is 2.30. The summed E-state index contributed by atoms with van der Waals surface area (Å²) in [5.41, 5.74) is 3.57. The van der Waals surface area contributed by atoms with Crippen LogP contribution in [-0.4, -0.2) is 80.0 Å². The van der Waals surface area contributed by atoms with Gasteiger partial charge in [-0.1, -0.05) is 46.9 Å². The number of benzene rings is 4. The molecule has 4 aromatic carbocycles. The van der Waals surface area contributed by atoms with Gasteiger partial charge in [-0.3, -0.25) is 14.5 Å². The molecular weight excluding hydrogens is 825 g/mol. The number of nitrogens with zero attached hydrogens (tertiary/aromatic N) is 9. The number of amides is 2. The van der Waals surface area contributed by atoms with E-state index in [2.05, 4.69) is 35.9 Å². The maximum atomic E-state index is 14.1. The third kappa shape index (κ3) is 8.20. The Morgan fingerprint density at radius 2 is 1.21 bits per heavy atom. The lowest BCUT2D eigenvalue weighted by molar-refractivity contribution is -0.121. The molecule has 2 unspecified atom stereocenters. The van der Waals surface area contributed by atoms with Gasteiger partial charge in [0.15, 0.2) is 27.7 Å². The lowest BCUT2D eigenvalue weighted by Crippen LogP contribution is -2.56. The normalized spacial score (nSPS) is 16.7. The van der Waals surface area contributed by atoms with Gasteiger partial charge in [0.2, 0.25) is 11.8 Å². The first-order valence-electron chi connectivity index (χ1n) is 19.9. The Hall–Kier alpha value is -7.44. The van der Waals surface area contributed by atoms with Crippen molar-refractivity contribution in [2.75, 3.05) is 51.5 Å². The number of aromatic nitrogens is 6. The van der Waals surface area contributed by atoms with E-state index >= 15 is 0 Å². The van der Waals surface area contributed by atoms with Crippen molar-refractivity contribution in [3.8, 4) is 23.3 Å². The Kier molecular flexibility index (Phi) is 10.3. The van der Waals surface area contributed by atoms with Gasteiger partial charge in [0.1, 0.15) is 11.5 Å². The molecule has 2 aliphatic rings. The Labute approximate surface area is 363 Å². The molecule has 0 bridgehead atoms. The third-order valence-electron chi connectivity index (χ3n) is 10.2. The second-order valence-electron chi connectivity index (χ2n) is 14.9. The lowest BCUT2D eigenvalue weighted by Gasteiger charge is -2.39. The molecule has 62 heavy (non-hydrogen) atoms. The summed E-state index contributed by atoms with van der Waals surface area (Å²) in [5, 5.41) is 11.2. The van der Waals surface area contributed by atoms with Gasteiger partial charge < -0.3 is 35.2 Å². The summed E-state index contributed by atoms with van der Waals surface area (Å²) < 4.78 is 14.9. The number of anilines is 7. The zero-order valence-electron chi connectivity index (χ0n) is 33.4. The molecule has 2 amide bonds. The minimum absolute atomic E-state index is 0.0169. The fourth-order valence-electron chi connectivity index (χ4n) is 7.46. The van der Waals surface area contributed by atoms with Crippen LogP contribution in [0.5, 0.6) is 23.3 Å². The van der Waals surface area contributed by atoms with E-state index in [-0.39, 0.29) is 48.7 Å². The smallest absolute Gasteiger partial charge is 0.265 e. The number of thiazole rings is 2. The highest BCUT2D eigenvalue weighted by molar-refractivity contribution is 7.22. The van der Waals surface area contributed by atoms with Crippen LogP contribution in [0.4, 0.5) is 39.1 Å². The molecule has 6 heterocycles. The van der Waals surface area contributed by atoms with Gasteiger partial charge >= 0.3 is 0 Å². The third-order valence-corrected chi connectivity index (χ3v) is 12.1. The van der Waals surface area contributed by atoms with Crippen LogP contribution < -0.4 is 40.1 Å². The maximum absolute atomic E-state index is 14.1. The quantitative estimate of drug-likeness (QED) is 0.114. The van der Waals surface area contributed by atoms with Gasteiger partial charge in [-0.15, -0.1) is 0 Å². The summed E-state index contributed by atoms with van der Waals surface area (Å²) >= 11 is 3.15. The highest BCUT2D eigenvalue weighted by Gasteiger charge is 2.35. The number of ether oxygens (including phenoxy) is 2. The van der Waals surface area contributed by atoms with Crippen molar-refractivity contribution >= 4 is 94.0 Å². The van der Waals surface area contributed by atoms with E-state index < -0.39 is 0 Å². The average molecular weight is 863 g/mol. The molecule has 0 aliphatic carbocycles. The van der Waals surface area contributed by atoms with E-state index in [0.717, 1.165) is 42.1 Å². The van der Waals surface area contributed by atoms with E-state index in [4.69, 9.17) is 19.4 Å². The second-order valence-corrected chi connectivity index (χ2v) is 16.9. The van der Waals surface area contributed by atoms with Gasteiger partial charge in [-0.2, -0.15) is 4.98 Å². The molecule has 0 radical (unpaired) electrons. The molecular formula is C44H38N12O4S2. The number of para-hydroxylation sites is 2. The van der Waals surface area contributed by atoms with E-state index in [1.54, 1.807) is 46.2 Å². The van der Waals surface area contributed by atoms with Crippen molar-refractivity contribution < 1.29 is 19.1 Å². The fraction of sp³-hybridized carbons (Fsp3) is 0.182. The average Bonchev–Trinajstić information content (AvgIpc) is 3.88. The van der Waals surface area contributed by atoms with Crippen LogP contribution in [-0.2, 0) is 9.59 Å². The first-order valence-corrected chi connectivity index (χ1v) is 21.5. The predicted octanol–water partition coefficient (Wildman–Crippen LogP) is 8.12. The maximum Gasteiger partial charge on any atom is 0.265 e. The number of carbonyl (C=O) groups excluding carboxylic acids is 2. The lowest BCUT2D eigenvalue weighted by atomic mass is 10.2. The highest BCUT2D eigenvalue weighted by Crippen LogP contribution is 2.36. The Morgan fingerprint density at radius 1 is 0.645 bits per heavy atom. The molecule has 2 saturated heterocycles. The monoisotopic (exact) mass is 862 g/mol. The Balaban J connectivity index is 0.854. The van der Waals surface area contributed by atoms with Crippen molar-refractivity contribution in [1.29, 1.82) is 0 Å². The number of rotatable bonds is 11. The predicted molar refractivity (Wildman–Crippen MR) is 242 cm³/mol. The summed E-state index contributed by atoms with van der Waals surface area (Å²) in [6.45, 7) is 4.83. The van der Waals surface area contributed by atoms with Crippen LogP contribution in [0, 0.1) is 0 Å². The van der Waals surface area contributed by atoms with Crippen LogP contribution in [0.25, 0.3) is 20.4 Å². The van der Waals surface area contributed by atoms with E-state index in [1.165, 1.54) is 0 Å². The Bertz CT molecular complexity index is 2860. The van der Waals surface area contributed by atoms with Crippen molar-refractivity contribution in [1.82, 2.24) is 35.2 Å². The Morgan fingerprint density at radius 3 is 1.81 bits per heavy atom. The number of hydrogen-bond donors (Lipinski definition) is 3. The minimum atomic E-state index is -0.361. The SMILES string of the molecule is CC1CN(c2ncc(N3C(=O)CN(c4nccnc4Oc4ccc(Nc5nc6ccccc6s5)cc4)CC3C)nc2Oc2ccc(Nc3nc4ccccc4s3)cc2)CC(=O)N1. The molecule has 4 aromatic heterocycles. The molecule has 0 spiro atoms. The largest absolute Gasteiger partial charge is 0.436 e. The van der Waals surface area contributed by atoms with Crippen molar-refractivity contribution in [3.63, 3.8) is 0 Å². The zero-order valence-corrected chi connectivity index (χ0v) is 35.1. The van der Waals surface area contributed by atoms with Gasteiger partial charge in [0.25, 0.3) is 11.8 Å². The van der Waals surface area contributed by atoms with Crippen LogP contribution in [0.2, 0.25) is 0 Å². The van der Waals surface area contributed by atoms with Crippen molar-refractivity contribution in [2.45, 2.75) is 25.9 Å². The van der Waals surface area contributed by atoms with Crippen molar-refractivity contribution in [3.05, 3.63) is 116 Å². The van der Waals surface area contributed by atoms with E-state index in [0.29, 0.717) is 42.0 Å². The summed E-state index contributed by atoms with van der Waals surface area (Å²) in [6.07, 6.45) is 4.69. The van der Waals surface area contributed by atoms with Crippen LogP contribution in [0.3, 0.4) is 0 Å². The van der Waals surface area contributed by atoms with Crippen LogP contribution >= 0.6 is 22.7 Å². The molecule has 0 saturated carbocycles. The number of carbonyl (C=O) groups is 2. The highest BCUT2D eigenvalue weighted by atomic mass is 32.1. The number of piperazine rings is 2. The van der Waals surface area contributed by atoms with Crippen LogP contribution in [0.15, 0.2) is 116 Å². The van der Waals surface area contributed by atoms with Gasteiger partial charge in [-0.05, 0) is 86.6 Å². The molecule has 2 aliphatic heterocycles. The molecule has 310 valence electrons. The summed E-state index contributed by atoms with van der Waals surface area (Å²) in [7, 11) is 0. The topological polar surface area (TPSA) is 176 Å². The zero-order chi connectivity index (χ0) is 42.2. The molecule has 3 N–H and O–H groups in total.